The third-order valence-corrected chi connectivity index (χ3v) is 4.15. The Hall–Kier alpha value is -0.860. The van der Waals surface area contributed by atoms with E-state index in [-0.39, 0.29) is 6.10 Å². The van der Waals surface area contributed by atoms with Gasteiger partial charge in [-0.15, -0.1) is 0 Å². The third-order valence-electron chi connectivity index (χ3n) is 4.15. The highest BCUT2D eigenvalue weighted by Gasteiger charge is 2.24. The van der Waals surface area contributed by atoms with Crippen LogP contribution in [0.4, 0.5) is 0 Å². The van der Waals surface area contributed by atoms with Gasteiger partial charge >= 0.3 is 0 Å². The fourth-order valence-corrected chi connectivity index (χ4v) is 2.81. The van der Waals surface area contributed by atoms with Crippen LogP contribution in [0.3, 0.4) is 0 Å². The number of nitrogens with one attached hydrogen (secondary N) is 1. The summed E-state index contributed by atoms with van der Waals surface area (Å²) in [4.78, 5) is 0. The molecule has 18 heavy (non-hydrogen) atoms. The van der Waals surface area contributed by atoms with E-state index in [1.54, 1.807) is 0 Å². The number of aliphatic hydroxyl groups excluding tert-OH is 1. The molecule has 2 rings (SSSR count). The van der Waals surface area contributed by atoms with Crippen molar-refractivity contribution >= 4 is 0 Å². The molecule has 2 N–H and O–H groups in total. The molecule has 1 aliphatic rings. The van der Waals surface area contributed by atoms with Crippen molar-refractivity contribution in [3.63, 3.8) is 0 Å². The topological polar surface area (TPSA) is 32.3 Å². The second-order valence-electron chi connectivity index (χ2n) is 5.56. The SMILES string of the molecule is CC(CCNCC1CCCC1O)c1ccccc1. The summed E-state index contributed by atoms with van der Waals surface area (Å²) in [7, 11) is 0. The fourth-order valence-electron chi connectivity index (χ4n) is 2.81. The van der Waals surface area contributed by atoms with Gasteiger partial charge in [0.05, 0.1) is 6.10 Å². The van der Waals surface area contributed by atoms with Crippen LogP contribution in [-0.2, 0) is 0 Å². The van der Waals surface area contributed by atoms with Crippen molar-refractivity contribution < 1.29 is 5.11 Å². The van der Waals surface area contributed by atoms with Gasteiger partial charge in [0.15, 0.2) is 0 Å². The van der Waals surface area contributed by atoms with Gasteiger partial charge in [-0.25, -0.2) is 0 Å². The molecule has 3 atom stereocenters. The summed E-state index contributed by atoms with van der Waals surface area (Å²) in [6.45, 7) is 4.30. The van der Waals surface area contributed by atoms with E-state index in [4.69, 9.17) is 0 Å². The van der Waals surface area contributed by atoms with Gasteiger partial charge in [-0.2, -0.15) is 0 Å². The Bertz CT molecular complexity index is 338. The minimum absolute atomic E-state index is 0.0657. The van der Waals surface area contributed by atoms with Crippen LogP contribution in [0.25, 0.3) is 0 Å². The molecule has 0 aromatic heterocycles. The predicted molar refractivity (Wildman–Crippen MR) is 75.7 cm³/mol. The molecule has 1 saturated carbocycles. The Morgan fingerprint density at radius 3 is 2.72 bits per heavy atom. The standard InChI is InChI=1S/C16H25NO/c1-13(14-6-3-2-4-7-14)10-11-17-12-15-8-5-9-16(15)18/h2-4,6-7,13,15-18H,5,8-12H2,1H3. The number of rotatable bonds is 6. The molecule has 1 fully saturated rings. The number of hydrogen-bond donors (Lipinski definition) is 2. The van der Waals surface area contributed by atoms with E-state index in [2.05, 4.69) is 42.6 Å². The minimum atomic E-state index is -0.0657. The van der Waals surface area contributed by atoms with E-state index in [9.17, 15) is 5.11 Å². The van der Waals surface area contributed by atoms with E-state index in [0.717, 1.165) is 25.9 Å². The molecule has 0 saturated heterocycles. The van der Waals surface area contributed by atoms with Crippen LogP contribution < -0.4 is 5.32 Å². The summed E-state index contributed by atoms with van der Waals surface area (Å²) in [5.74, 6) is 1.09. The van der Waals surface area contributed by atoms with Crippen LogP contribution in [0.2, 0.25) is 0 Å². The molecule has 0 amide bonds. The molecule has 100 valence electrons. The second-order valence-corrected chi connectivity index (χ2v) is 5.56. The zero-order chi connectivity index (χ0) is 12.8. The van der Waals surface area contributed by atoms with Crippen LogP contribution in [0.1, 0.15) is 44.1 Å². The zero-order valence-corrected chi connectivity index (χ0v) is 11.3. The molecular formula is C16H25NO. The molecule has 2 nitrogen and oxygen atoms in total. The Kier molecular flexibility index (Phi) is 5.21. The number of benzene rings is 1. The molecule has 0 bridgehead atoms. The summed E-state index contributed by atoms with van der Waals surface area (Å²) in [6, 6.07) is 10.7. The Morgan fingerprint density at radius 2 is 2.06 bits per heavy atom. The first-order valence-corrected chi connectivity index (χ1v) is 7.21. The summed E-state index contributed by atoms with van der Waals surface area (Å²) >= 11 is 0. The Labute approximate surface area is 110 Å². The van der Waals surface area contributed by atoms with E-state index in [1.807, 2.05) is 0 Å². The van der Waals surface area contributed by atoms with Crippen molar-refractivity contribution in [1.29, 1.82) is 0 Å². The normalized spacial score (nSPS) is 25.2. The predicted octanol–water partition coefficient (Wildman–Crippen LogP) is 2.93. The maximum absolute atomic E-state index is 9.74. The van der Waals surface area contributed by atoms with Crippen molar-refractivity contribution in [3.8, 4) is 0 Å². The van der Waals surface area contributed by atoms with Crippen molar-refractivity contribution in [2.75, 3.05) is 13.1 Å². The maximum atomic E-state index is 9.74. The molecule has 3 unspecified atom stereocenters. The van der Waals surface area contributed by atoms with Crippen LogP contribution in [0, 0.1) is 5.92 Å². The van der Waals surface area contributed by atoms with Crippen LogP contribution in [0.5, 0.6) is 0 Å². The van der Waals surface area contributed by atoms with Crippen molar-refractivity contribution in [3.05, 3.63) is 35.9 Å². The summed E-state index contributed by atoms with van der Waals surface area (Å²) in [5, 5.41) is 13.2. The highest BCUT2D eigenvalue weighted by molar-refractivity contribution is 5.18. The largest absolute Gasteiger partial charge is 0.393 e. The van der Waals surface area contributed by atoms with Gasteiger partial charge in [0.1, 0.15) is 0 Å². The molecule has 0 radical (unpaired) electrons. The molecule has 1 aliphatic carbocycles. The molecule has 2 heteroatoms. The first kappa shape index (κ1) is 13.6. The third kappa shape index (κ3) is 3.82. The first-order valence-electron chi connectivity index (χ1n) is 7.21. The number of aliphatic hydroxyl groups is 1. The summed E-state index contributed by atoms with van der Waals surface area (Å²) in [6.07, 6.45) is 4.46. The Morgan fingerprint density at radius 1 is 1.28 bits per heavy atom. The average molecular weight is 247 g/mol. The van der Waals surface area contributed by atoms with Gasteiger partial charge in [0.25, 0.3) is 0 Å². The van der Waals surface area contributed by atoms with E-state index in [1.165, 1.54) is 18.4 Å². The monoisotopic (exact) mass is 247 g/mol. The van der Waals surface area contributed by atoms with Gasteiger partial charge < -0.3 is 10.4 Å². The lowest BCUT2D eigenvalue weighted by molar-refractivity contribution is 0.131. The smallest absolute Gasteiger partial charge is 0.0580 e. The van der Waals surface area contributed by atoms with E-state index < -0.39 is 0 Å². The van der Waals surface area contributed by atoms with Crippen molar-refractivity contribution in [2.24, 2.45) is 5.92 Å². The maximum Gasteiger partial charge on any atom is 0.0580 e. The van der Waals surface area contributed by atoms with Crippen molar-refractivity contribution in [1.82, 2.24) is 5.32 Å². The average Bonchev–Trinajstić information content (AvgIpc) is 2.81. The minimum Gasteiger partial charge on any atom is -0.393 e. The summed E-state index contributed by atoms with van der Waals surface area (Å²) < 4.78 is 0. The molecule has 0 aliphatic heterocycles. The second kappa shape index (κ2) is 6.91. The van der Waals surface area contributed by atoms with Gasteiger partial charge in [0.2, 0.25) is 0 Å². The lowest BCUT2D eigenvalue weighted by Gasteiger charge is -2.16. The van der Waals surface area contributed by atoms with Gasteiger partial charge in [-0.3, -0.25) is 0 Å². The quantitative estimate of drug-likeness (QED) is 0.758. The first-order chi connectivity index (χ1) is 8.77. The fraction of sp³-hybridized carbons (Fsp3) is 0.625. The van der Waals surface area contributed by atoms with Crippen LogP contribution in [-0.4, -0.2) is 24.3 Å². The van der Waals surface area contributed by atoms with Gasteiger partial charge in [0, 0.05) is 6.54 Å². The summed E-state index contributed by atoms with van der Waals surface area (Å²) in [5.41, 5.74) is 1.42. The van der Waals surface area contributed by atoms with Gasteiger partial charge in [-0.05, 0) is 43.2 Å². The Balaban J connectivity index is 1.63. The number of hydrogen-bond acceptors (Lipinski definition) is 2. The highest BCUT2D eigenvalue weighted by Crippen LogP contribution is 2.24. The molecule has 0 heterocycles. The van der Waals surface area contributed by atoms with Crippen LogP contribution in [0.15, 0.2) is 30.3 Å². The van der Waals surface area contributed by atoms with Gasteiger partial charge in [-0.1, -0.05) is 43.7 Å². The van der Waals surface area contributed by atoms with Crippen molar-refractivity contribution in [2.45, 2.75) is 44.6 Å². The molecule has 1 aromatic carbocycles. The highest BCUT2D eigenvalue weighted by atomic mass is 16.3. The zero-order valence-electron chi connectivity index (χ0n) is 11.3. The molecular weight excluding hydrogens is 222 g/mol. The van der Waals surface area contributed by atoms with E-state index in [0.29, 0.717) is 11.8 Å². The molecule has 1 aromatic rings. The molecule has 0 spiro atoms. The lowest BCUT2D eigenvalue weighted by Crippen LogP contribution is -2.28. The van der Waals surface area contributed by atoms with E-state index >= 15 is 0 Å². The lowest BCUT2D eigenvalue weighted by atomic mass is 9.98. The van der Waals surface area contributed by atoms with Crippen LogP contribution >= 0.6 is 0 Å².